The number of imidazole rings is 1. The highest BCUT2D eigenvalue weighted by molar-refractivity contribution is 5.69. The number of carbonyl (C=O) groups is 1. The lowest BCUT2D eigenvalue weighted by Crippen LogP contribution is -2.01. The Bertz CT molecular complexity index is 288. The van der Waals surface area contributed by atoms with Gasteiger partial charge in [0.15, 0.2) is 12.1 Å². The van der Waals surface area contributed by atoms with Crippen LogP contribution >= 0.6 is 0 Å². The van der Waals surface area contributed by atoms with Gasteiger partial charge in [-0.05, 0) is 13.3 Å². The fourth-order valence-electron chi connectivity index (χ4n) is 0.939. The van der Waals surface area contributed by atoms with Crippen LogP contribution in [0.1, 0.15) is 24.0 Å². The minimum Gasteiger partial charge on any atom is -0.328 e. The maximum Gasteiger partial charge on any atom is 0.185 e. The molecule has 1 aromatic rings. The summed E-state index contributed by atoms with van der Waals surface area (Å²) < 4.78 is 1.82. The van der Waals surface area contributed by atoms with Gasteiger partial charge in [0.1, 0.15) is 0 Å². The smallest absolute Gasteiger partial charge is 0.185 e. The Morgan fingerprint density at radius 1 is 1.83 bits per heavy atom. The molecule has 0 radical (unpaired) electrons. The van der Waals surface area contributed by atoms with E-state index >= 15 is 0 Å². The van der Waals surface area contributed by atoms with Crippen LogP contribution in [0.3, 0.4) is 0 Å². The zero-order valence-electron chi connectivity index (χ0n) is 7.16. The van der Waals surface area contributed by atoms with Gasteiger partial charge in [0.05, 0.1) is 0 Å². The van der Waals surface area contributed by atoms with Crippen LogP contribution in [0.5, 0.6) is 0 Å². The van der Waals surface area contributed by atoms with Crippen molar-refractivity contribution in [2.45, 2.75) is 19.9 Å². The predicted octanol–water partition coefficient (Wildman–Crippen LogP) is 1.66. The van der Waals surface area contributed by atoms with Gasteiger partial charge in [-0.1, -0.05) is 5.57 Å². The maximum absolute atomic E-state index is 10.4. The first-order valence-electron chi connectivity index (χ1n) is 3.84. The van der Waals surface area contributed by atoms with Gasteiger partial charge in [-0.25, -0.2) is 4.98 Å². The molecule has 1 heterocycles. The van der Waals surface area contributed by atoms with Gasteiger partial charge in [-0.2, -0.15) is 0 Å². The molecule has 3 heteroatoms. The molecule has 0 unspecified atom stereocenters. The lowest BCUT2D eigenvalue weighted by Gasteiger charge is -2.02. The molecule has 3 nitrogen and oxygen atoms in total. The molecule has 0 aliphatic heterocycles. The zero-order chi connectivity index (χ0) is 8.97. The lowest BCUT2D eigenvalue weighted by atomic mass is 10.2. The van der Waals surface area contributed by atoms with E-state index in [9.17, 15) is 4.79 Å². The molecule has 0 saturated carbocycles. The van der Waals surface area contributed by atoms with Crippen molar-refractivity contribution in [2.75, 3.05) is 0 Å². The van der Waals surface area contributed by atoms with Crippen LogP contribution in [-0.2, 0) is 6.54 Å². The van der Waals surface area contributed by atoms with Gasteiger partial charge < -0.3 is 4.57 Å². The van der Waals surface area contributed by atoms with Crippen LogP contribution in [0.2, 0.25) is 0 Å². The number of aryl methyl sites for hydroxylation is 1. The van der Waals surface area contributed by atoms with Crippen molar-refractivity contribution in [3.05, 3.63) is 30.4 Å². The molecule has 0 amide bonds. The van der Waals surface area contributed by atoms with E-state index < -0.39 is 0 Å². The highest BCUT2D eigenvalue weighted by Crippen LogP contribution is 2.01. The number of allylic oxidation sites excluding steroid dienone is 1. The maximum atomic E-state index is 10.4. The molecule has 0 aromatic carbocycles. The van der Waals surface area contributed by atoms with Crippen molar-refractivity contribution in [1.29, 1.82) is 0 Å². The average Bonchev–Trinajstić information content (AvgIpc) is 2.47. The molecule has 0 aliphatic rings. The Morgan fingerprint density at radius 3 is 3.17 bits per heavy atom. The summed E-state index contributed by atoms with van der Waals surface area (Å²) >= 11 is 0. The number of aldehydes is 1. The van der Waals surface area contributed by atoms with Gasteiger partial charge in [0.2, 0.25) is 0 Å². The minimum atomic E-state index is 0.483. The Balaban J connectivity index is 2.62. The molecule has 0 atom stereocenters. The van der Waals surface area contributed by atoms with Crippen LogP contribution in [-0.4, -0.2) is 15.8 Å². The molecule has 1 rings (SSSR count). The molecule has 64 valence electrons. The van der Waals surface area contributed by atoms with Crippen LogP contribution in [0, 0.1) is 0 Å². The number of aromatic nitrogens is 2. The van der Waals surface area contributed by atoms with E-state index in [2.05, 4.69) is 11.6 Å². The highest BCUT2D eigenvalue weighted by Gasteiger charge is 1.99. The molecule has 1 aromatic heterocycles. The van der Waals surface area contributed by atoms with E-state index in [0.29, 0.717) is 5.82 Å². The van der Waals surface area contributed by atoms with Gasteiger partial charge in [0, 0.05) is 18.9 Å². The Morgan fingerprint density at radius 2 is 2.58 bits per heavy atom. The van der Waals surface area contributed by atoms with E-state index in [1.165, 1.54) is 0 Å². The number of nitrogens with zero attached hydrogens (tertiary/aromatic N) is 2. The lowest BCUT2D eigenvalue weighted by molar-refractivity contribution is 0.111. The molecular weight excluding hydrogens is 152 g/mol. The summed E-state index contributed by atoms with van der Waals surface area (Å²) in [5.41, 5.74) is 1.11. The van der Waals surface area contributed by atoms with Crippen molar-refractivity contribution < 1.29 is 4.79 Å². The first-order chi connectivity index (χ1) is 5.74. The summed E-state index contributed by atoms with van der Waals surface area (Å²) in [5, 5.41) is 0. The second kappa shape index (κ2) is 3.85. The van der Waals surface area contributed by atoms with E-state index in [-0.39, 0.29) is 0 Å². The molecule has 0 saturated heterocycles. The largest absolute Gasteiger partial charge is 0.328 e. The normalized spacial score (nSPS) is 9.75. The fourth-order valence-corrected chi connectivity index (χ4v) is 0.939. The molecule has 0 aliphatic carbocycles. The van der Waals surface area contributed by atoms with Crippen LogP contribution in [0.15, 0.2) is 24.5 Å². The summed E-state index contributed by atoms with van der Waals surface area (Å²) in [5.74, 6) is 0.483. The number of carbonyl (C=O) groups excluding carboxylic acids is 1. The second-order valence-electron chi connectivity index (χ2n) is 2.80. The molecule has 0 spiro atoms. The molecule has 12 heavy (non-hydrogen) atoms. The third-order valence-electron chi connectivity index (χ3n) is 1.63. The first kappa shape index (κ1) is 8.71. The van der Waals surface area contributed by atoms with E-state index in [0.717, 1.165) is 24.8 Å². The quantitative estimate of drug-likeness (QED) is 0.501. The van der Waals surface area contributed by atoms with Crippen molar-refractivity contribution in [2.24, 2.45) is 0 Å². The fraction of sp³-hybridized carbons (Fsp3) is 0.333. The van der Waals surface area contributed by atoms with Gasteiger partial charge in [0.25, 0.3) is 0 Å². The first-order valence-corrected chi connectivity index (χ1v) is 3.84. The predicted molar refractivity (Wildman–Crippen MR) is 47.0 cm³/mol. The van der Waals surface area contributed by atoms with Crippen molar-refractivity contribution in [1.82, 2.24) is 9.55 Å². The van der Waals surface area contributed by atoms with Crippen molar-refractivity contribution in [3.8, 4) is 0 Å². The zero-order valence-corrected chi connectivity index (χ0v) is 7.16. The van der Waals surface area contributed by atoms with Gasteiger partial charge >= 0.3 is 0 Å². The number of hydrogen-bond donors (Lipinski definition) is 0. The average molecular weight is 164 g/mol. The van der Waals surface area contributed by atoms with Gasteiger partial charge in [-0.15, -0.1) is 6.58 Å². The summed E-state index contributed by atoms with van der Waals surface area (Å²) in [7, 11) is 0. The summed E-state index contributed by atoms with van der Waals surface area (Å²) in [6.07, 6.45) is 5.07. The molecule has 0 bridgehead atoms. The SMILES string of the molecule is C=C(C)CCn1ccnc1C=O. The van der Waals surface area contributed by atoms with Crippen LogP contribution in [0.25, 0.3) is 0 Å². The Hall–Kier alpha value is -1.38. The molecule has 0 fully saturated rings. The summed E-state index contributed by atoms with van der Waals surface area (Å²) in [6, 6.07) is 0. The summed E-state index contributed by atoms with van der Waals surface area (Å²) in [6.45, 7) is 6.54. The number of rotatable bonds is 4. The standard InChI is InChI=1S/C9H12N2O/c1-8(2)3-5-11-6-4-10-9(11)7-12/h4,6-7H,1,3,5H2,2H3. The number of hydrogen-bond acceptors (Lipinski definition) is 2. The van der Waals surface area contributed by atoms with Crippen LogP contribution in [0.4, 0.5) is 0 Å². The minimum absolute atomic E-state index is 0.483. The van der Waals surface area contributed by atoms with E-state index in [1.807, 2.05) is 11.5 Å². The van der Waals surface area contributed by atoms with E-state index in [4.69, 9.17) is 0 Å². The Labute approximate surface area is 71.7 Å². The van der Waals surface area contributed by atoms with Crippen molar-refractivity contribution in [3.63, 3.8) is 0 Å². The second-order valence-corrected chi connectivity index (χ2v) is 2.80. The topological polar surface area (TPSA) is 34.9 Å². The third kappa shape index (κ3) is 2.05. The summed E-state index contributed by atoms with van der Waals surface area (Å²) in [4.78, 5) is 14.3. The van der Waals surface area contributed by atoms with E-state index in [1.54, 1.807) is 12.4 Å². The molecular formula is C9H12N2O. The van der Waals surface area contributed by atoms with Crippen LogP contribution < -0.4 is 0 Å². The monoisotopic (exact) mass is 164 g/mol. The molecule has 0 N–H and O–H groups in total. The van der Waals surface area contributed by atoms with Crippen molar-refractivity contribution >= 4 is 6.29 Å². The van der Waals surface area contributed by atoms with Gasteiger partial charge in [-0.3, -0.25) is 4.79 Å². The third-order valence-corrected chi connectivity index (χ3v) is 1.63. The highest BCUT2D eigenvalue weighted by atomic mass is 16.1. The Kier molecular flexibility index (Phi) is 2.80.